The zero-order valence-corrected chi connectivity index (χ0v) is 12.8. The first-order chi connectivity index (χ1) is 10.5. The van der Waals surface area contributed by atoms with Gasteiger partial charge in [-0.15, -0.1) is 0 Å². The van der Waals surface area contributed by atoms with Crippen molar-refractivity contribution in [1.29, 1.82) is 0 Å². The summed E-state index contributed by atoms with van der Waals surface area (Å²) in [6.07, 6.45) is 1.69. The van der Waals surface area contributed by atoms with Gasteiger partial charge in [0, 0.05) is 19.7 Å². The van der Waals surface area contributed by atoms with Gasteiger partial charge in [0.05, 0.1) is 12.7 Å². The van der Waals surface area contributed by atoms with Gasteiger partial charge in [-0.25, -0.2) is 9.18 Å². The molecule has 1 aromatic carbocycles. The van der Waals surface area contributed by atoms with Crippen LogP contribution in [0.1, 0.15) is 24.0 Å². The molecule has 0 bridgehead atoms. The summed E-state index contributed by atoms with van der Waals surface area (Å²) in [6, 6.07) is 4.43. The quantitative estimate of drug-likeness (QED) is 0.685. The van der Waals surface area contributed by atoms with Gasteiger partial charge in [-0.3, -0.25) is 0 Å². The van der Waals surface area contributed by atoms with E-state index in [1.54, 1.807) is 19.1 Å². The number of carbonyl (C=O) groups excluding carboxylic acids is 1. The van der Waals surface area contributed by atoms with Crippen molar-refractivity contribution in [2.45, 2.75) is 32.4 Å². The molecular weight excluding hydrogens is 287 g/mol. The van der Waals surface area contributed by atoms with Crippen molar-refractivity contribution in [3.63, 3.8) is 0 Å². The molecule has 122 valence electrons. The number of aliphatic hydroxyl groups is 1. The number of rotatable bonds is 8. The van der Waals surface area contributed by atoms with E-state index in [2.05, 4.69) is 10.6 Å². The minimum absolute atomic E-state index is 0.124. The lowest BCUT2D eigenvalue weighted by Gasteiger charge is -2.13. The molecule has 5 nitrogen and oxygen atoms in total. The molecule has 0 heterocycles. The molecule has 0 aliphatic heterocycles. The van der Waals surface area contributed by atoms with Crippen LogP contribution in [0.15, 0.2) is 18.2 Å². The van der Waals surface area contributed by atoms with Crippen molar-refractivity contribution < 1.29 is 19.0 Å². The highest BCUT2D eigenvalue weighted by molar-refractivity contribution is 5.73. The number of carbonyl (C=O) groups is 1. The smallest absolute Gasteiger partial charge is 0.315 e. The normalized spacial score (nSPS) is 15.4. The third kappa shape index (κ3) is 5.99. The van der Waals surface area contributed by atoms with E-state index < -0.39 is 12.1 Å². The Morgan fingerprint density at radius 3 is 2.91 bits per heavy atom. The predicted molar refractivity (Wildman–Crippen MR) is 80.9 cm³/mol. The van der Waals surface area contributed by atoms with Gasteiger partial charge < -0.3 is 20.5 Å². The molecule has 1 unspecified atom stereocenters. The Balaban J connectivity index is 1.59. The highest BCUT2D eigenvalue weighted by Gasteiger charge is 2.21. The Labute approximate surface area is 129 Å². The summed E-state index contributed by atoms with van der Waals surface area (Å²) in [5.41, 5.74) is 1.26. The second kappa shape index (κ2) is 8.10. The van der Waals surface area contributed by atoms with E-state index in [4.69, 9.17) is 4.74 Å². The topological polar surface area (TPSA) is 70.6 Å². The number of nitrogens with one attached hydrogen (secondary N) is 2. The Kier molecular flexibility index (Phi) is 6.15. The Morgan fingerprint density at radius 1 is 1.45 bits per heavy atom. The molecule has 0 radical (unpaired) electrons. The molecule has 3 N–H and O–H groups in total. The SMILES string of the molecule is Cc1ccc(CNC(=O)NCC(O)COCC2CC2)cc1F. The molecule has 0 spiro atoms. The molecule has 1 aliphatic rings. The van der Waals surface area contributed by atoms with Crippen LogP contribution >= 0.6 is 0 Å². The summed E-state index contributed by atoms with van der Waals surface area (Å²) in [6.45, 7) is 2.95. The van der Waals surface area contributed by atoms with Gasteiger partial charge >= 0.3 is 6.03 Å². The lowest BCUT2D eigenvalue weighted by Crippen LogP contribution is -2.40. The van der Waals surface area contributed by atoms with E-state index in [-0.39, 0.29) is 25.5 Å². The molecule has 2 rings (SSSR count). The molecule has 1 aromatic rings. The van der Waals surface area contributed by atoms with Crippen molar-refractivity contribution >= 4 is 6.03 Å². The van der Waals surface area contributed by atoms with E-state index in [1.807, 2.05) is 0 Å². The van der Waals surface area contributed by atoms with Crippen LogP contribution in [0.4, 0.5) is 9.18 Å². The van der Waals surface area contributed by atoms with Gasteiger partial charge in [-0.05, 0) is 42.9 Å². The summed E-state index contributed by atoms with van der Waals surface area (Å²) in [5.74, 6) is 0.362. The summed E-state index contributed by atoms with van der Waals surface area (Å²) in [4.78, 5) is 11.6. The summed E-state index contributed by atoms with van der Waals surface area (Å²) >= 11 is 0. The Bertz CT molecular complexity index is 506. The van der Waals surface area contributed by atoms with Crippen molar-refractivity contribution in [2.75, 3.05) is 19.8 Å². The monoisotopic (exact) mass is 310 g/mol. The number of hydrogen-bond acceptors (Lipinski definition) is 3. The highest BCUT2D eigenvalue weighted by atomic mass is 19.1. The summed E-state index contributed by atoms with van der Waals surface area (Å²) in [7, 11) is 0. The van der Waals surface area contributed by atoms with Gasteiger partial charge in [0.2, 0.25) is 0 Å². The van der Waals surface area contributed by atoms with E-state index in [0.717, 1.165) is 0 Å². The fourth-order valence-corrected chi connectivity index (χ4v) is 1.92. The standard InChI is InChI=1S/C16H23FN2O3/c1-11-2-3-13(6-15(11)17)7-18-16(21)19-8-14(20)10-22-9-12-4-5-12/h2-3,6,12,14,20H,4-5,7-10H2,1H3,(H2,18,19,21). The zero-order valence-electron chi connectivity index (χ0n) is 12.8. The summed E-state index contributed by atoms with van der Waals surface area (Å²) in [5, 5.41) is 14.8. The van der Waals surface area contributed by atoms with Crippen molar-refractivity contribution in [1.82, 2.24) is 10.6 Å². The summed E-state index contributed by atoms with van der Waals surface area (Å²) < 4.78 is 18.7. The molecule has 2 amide bonds. The lowest BCUT2D eigenvalue weighted by molar-refractivity contribution is 0.0337. The molecule has 1 atom stereocenters. The van der Waals surface area contributed by atoms with E-state index in [0.29, 0.717) is 23.7 Å². The molecular formula is C16H23FN2O3. The number of amides is 2. The van der Waals surface area contributed by atoms with Crippen LogP contribution in [-0.2, 0) is 11.3 Å². The molecule has 0 aromatic heterocycles. The fourth-order valence-electron chi connectivity index (χ4n) is 1.92. The lowest BCUT2D eigenvalue weighted by atomic mass is 10.1. The van der Waals surface area contributed by atoms with Gasteiger partial charge in [-0.1, -0.05) is 12.1 Å². The van der Waals surface area contributed by atoms with Crippen LogP contribution in [0.3, 0.4) is 0 Å². The van der Waals surface area contributed by atoms with E-state index >= 15 is 0 Å². The maximum atomic E-state index is 13.4. The number of hydrogen-bond donors (Lipinski definition) is 3. The number of aliphatic hydroxyl groups excluding tert-OH is 1. The molecule has 22 heavy (non-hydrogen) atoms. The highest BCUT2D eigenvalue weighted by Crippen LogP contribution is 2.28. The Hall–Kier alpha value is -1.66. The molecule has 1 fully saturated rings. The zero-order chi connectivity index (χ0) is 15.9. The minimum Gasteiger partial charge on any atom is -0.389 e. The second-order valence-electron chi connectivity index (χ2n) is 5.78. The Morgan fingerprint density at radius 2 is 2.23 bits per heavy atom. The first kappa shape index (κ1) is 16.7. The van der Waals surface area contributed by atoms with Crippen molar-refractivity contribution in [2.24, 2.45) is 5.92 Å². The van der Waals surface area contributed by atoms with Gasteiger partial charge in [0.25, 0.3) is 0 Å². The van der Waals surface area contributed by atoms with E-state index in [9.17, 15) is 14.3 Å². The van der Waals surface area contributed by atoms with Gasteiger partial charge in [0.15, 0.2) is 0 Å². The molecule has 1 saturated carbocycles. The van der Waals surface area contributed by atoms with Crippen LogP contribution in [-0.4, -0.2) is 37.0 Å². The minimum atomic E-state index is -0.721. The first-order valence-corrected chi connectivity index (χ1v) is 7.57. The molecule has 6 heteroatoms. The number of halogens is 1. The third-order valence-electron chi connectivity index (χ3n) is 3.55. The maximum absolute atomic E-state index is 13.4. The average Bonchev–Trinajstić information content (AvgIpc) is 3.30. The maximum Gasteiger partial charge on any atom is 0.315 e. The number of urea groups is 1. The average molecular weight is 310 g/mol. The van der Waals surface area contributed by atoms with Crippen LogP contribution in [0.2, 0.25) is 0 Å². The van der Waals surface area contributed by atoms with Crippen LogP contribution in [0, 0.1) is 18.7 Å². The fraction of sp³-hybridized carbons (Fsp3) is 0.562. The van der Waals surface area contributed by atoms with Gasteiger partial charge in [-0.2, -0.15) is 0 Å². The van der Waals surface area contributed by atoms with E-state index in [1.165, 1.54) is 18.9 Å². The van der Waals surface area contributed by atoms with Crippen molar-refractivity contribution in [3.05, 3.63) is 35.1 Å². The van der Waals surface area contributed by atoms with Crippen LogP contribution in [0.5, 0.6) is 0 Å². The molecule has 0 saturated heterocycles. The van der Waals surface area contributed by atoms with Crippen LogP contribution < -0.4 is 10.6 Å². The predicted octanol–water partition coefficient (Wildman–Crippen LogP) is 1.72. The van der Waals surface area contributed by atoms with Crippen LogP contribution in [0.25, 0.3) is 0 Å². The first-order valence-electron chi connectivity index (χ1n) is 7.57. The third-order valence-corrected chi connectivity index (χ3v) is 3.55. The number of ether oxygens (including phenoxy) is 1. The van der Waals surface area contributed by atoms with Gasteiger partial charge in [0.1, 0.15) is 5.82 Å². The largest absolute Gasteiger partial charge is 0.389 e. The second-order valence-corrected chi connectivity index (χ2v) is 5.78. The molecule has 1 aliphatic carbocycles. The number of aryl methyl sites for hydroxylation is 1. The number of benzene rings is 1. The van der Waals surface area contributed by atoms with Crippen molar-refractivity contribution in [3.8, 4) is 0 Å².